The second-order valence-electron chi connectivity index (χ2n) is 6.81. The van der Waals surface area contributed by atoms with Crippen LogP contribution >= 0.6 is 11.8 Å². The van der Waals surface area contributed by atoms with Gasteiger partial charge in [-0.25, -0.2) is 0 Å². The molecule has 27 heavy (non-hydrogen) atoms. The van der Waals surface area contributed by atoms with Gasteiger partial charge in [0.15, 0.2) is 0 Å². The van der Waals surface area contributed by atoms with E-state index >= 15 is 0 Å². The van der Waals surface area contributed by atoms with E-state index in [2.05, 4.69) is 12.2 Å². The highest BCUT2D eigenvalue weighted by Crippen LogP contribution is 2.44. The Labute approximate surface area is 164 Å². The number of carboxylic acids is 1. The lowest BCUT2D eigenvalue weighted by atomic mass is 9.96. The van der Waals surface area contributed by atoms with Crippen molar-refractivity contribution >= 4 is 17.7 Å². The molecule has 1 aliphatic heterocycles. The minimum atomic E-state index is -0.888. The third kappa shape index (κ3) is 4.83. The molecule has 6 heteroatoms. The van der Waals surface area contributed by atoms with E-state index in [9.17, 15) is 9.90 Å². The zero-order chi connectivity index (χ0) is 19.3. The van der Waals surface area contributed by atoms with E-state index in [1.54, 1.807) is 18.8 Å². The maximum atomic E-state index is 11.5. The molecule has 0 aromatic heterocycles. The van der Waals surface area contributed by atoms with Crippen LogP contribution in [-0.2, 0) is 16.1 Å². The summed E-state index contributed by atoms with van der Waals surface area (Å²) in [5.41, 5.74) is 1.13. The monoisotopic (exact) mass is 387 g/mol. The van der Waals surface area contributed by atoms with Crippen molar-refractivity contribution in [2.45, 2.75) is 41.7 Å². The fraction of sp³-hybridized carbons (Fsp3) is 0.381. The molecule has 1 unspecified atom stereocenters. The van der Waals surface area contributed by atoms with Gasteiger partial charge in [-0.1, -0.05) is 30.3 Å². The molecule has 2 aromatic carbocycles. The van der Waals surface area contributed by atoms with Gasteiger partial charge in [-0.2, -0.15) is 0 Å². The van der Waals surface area contributed by atoms with Gasteiger partial charge in [0.05, 0.1) is 6.10 Å². The highest BCUT2D eigenvalue weighted by atomic mass is 32.2. The van der Waals surface area contributed by atoms with E-state index in [0.717, 1.165) is 22.6 Å². The van der Waals surface area contributed by atoms with Gasteiger partial charge in [-0.05, 0) is 50.2 Å². The lowest BCUT2D eigenvalue weighted by molar-refractivity contribution is -0.143. The van der Waals surface area contributed by atoms with Gasteiger partial charge in [0, 0.05) is 16.2 Å². The molecule has 1 aliphatic rings. The smallest absolute Gasteiger partial charge is 0.323 e. The van der Waals surface area contributed by atoms with Gasteiger partial charge in [-0.15, -0.1) is 11.8 Å². The van der Waals surface area contributed by atoms with Gasteiger partial charge in [0.25, 0.3) is 0 Å². The van der Waals surface area contributed by atoms with Crippen LogP contribution < -0.4 is 10.1 Å². The topological polar surface area (TPSA) is 67.8 Å². The SMILES string of the molecule is CNC(C(=O)O)[C@H]1OCC[C@@]1(C)Sc1ccc(OCc2ccccc2)cc1. The molecule has 1 saturated heterocycles. The summed E-state index contributed by atoms with van der Waals surface area (Å²) in [5, 5.41) is 12.3. The summed E-state index contributed by atoms with van der Waals surface area (Å²) < 4.78 is 11.3. The van der Waals surface area contributed by atoms with Crippen molar-refractivity contribution in [2.75, 3.05) is 13.7 Å². The van der Waals surface area contributed by atoms with Crippen molar-refractivity contribution in [1.29, 1.82) is 0 Å². The Balaban J connectivity index is 1.64. The molecule has 0 amide bonds. The van der Waals surface area contributed by atoms with Crippen molar-refractivity contribution in [2.24, 2.45) is 0 Å². The number of thioether (sulfide) groups is 1. The quantitative estimate of drug-likeness (QED) is 0.722. The fourth-order valence-corrected chi connectivity index (χ4v) is 4.60. The van der Waals surface area contributed by atoms with Crippen LogP contribution in [0.3, 0.4) is 0 Å². The van der Waals surface area contributed by atoms with Crippen LogP contribution in [0.15, 0.2) is 59.5 Å². The molecule has 3 rings (SSSR count). The molecular weight excluding hydrogens is 362 g/mol. The van der Waals surface area contributed by atoms with E-state index in [1.807, 2.05) is 54.6 Å². The van der Waals surface area contributed by atoms with E-state index in [0.29, 0.717) is 13.2 Å². The lowest BCUT2D eigenvalue weighted by Crippen LogP contribution is -2.51. The first-order valence-electron chi connectivity index (χ1n) is 8.99. The van der Waals surface area contributed by atoms with Crippen LogP contribution in [0, 0.1) is 0 Å². The van der Waals surface area contributed by atoms with Gasteiger partial charge in [-0.3, -0.25) is 4.79 Å². The first-order chi connectivity index (χ1) is 13.0. The van der Waals surface area contributed by atoms with Crippen molar-refractivity contribution in [1.82, 2.24) is 5.32 Å². The van der Waals surface area contributed by atoms with Crippen LogP contribution in [0.4, 0.5) is 0 Å². The average molecular weight is 388 g/mol. The Morgan fingerprint density at radius 1 is 1.30 bits per heavy atom. The van der Waals surface area contributed by atoms with Crippen LogP contribution in [0.25, 0.3) is 0 Å². The number of ether oxygens (including phenoxy) is 2. The molecule has 0 saturated carbocycles. The third-order valence-electron chi connectivity index (χ3n) is 4.80. The number of nitrogens with one attached hydrogen (secondary N) is 1. The number of hydrogen-bond acceptors (Lipinski definition) is 5. The van der Waals surface area contributed by atoms with Crippen molar-refractivity contribution in [3.63, 3.8) is 0 Å². The van der Waals surface area contributed by atoms with E-state index in [1.165, 1.54) is 0 Å². The number of aliphatic carboxylic acids is 1. The Bertz CT molecular complexity index is 753. The fourth-order valence-electron chi connectivity index (χ4n) is 3.28. The van der Waals surface area contributed by atoms with Gasteiger partial charge in [0.2, 0.25) is 0 Å². The average Bonchev–Trinajstić information content (AvgIpc) is 3.03. The molecule has 2 N–H and O–H groups in total. The third-order valence-corrected chi connectivity index (χ3v) is 6.21. The van der Waals surface area contributed by atoms with Gasteiger partial charge >= 0.3 is 5.97 Å². The Hall–Kier alpha value is -2.02. The molecular formula is C21H25NO4S. The molecule has 0 aliphatic carbocycles. The van der Waals surface area contributed by atoms with Crippen molar-refractivity contribution in [3.8, 4) is 5.75 Å². The summed E-state index contributed by atoms with van der Waals surface area (Å²) in [6, 6.07) is 17.2. The highest BCUT2D eigenvalue weighted by molar-refractivity contribution is 8.00. The molecule has 144 valence electrons. The van der Waals surface area contributed by atoms with Crippen LogP contribution in [0.2, 0.25) is 0 Å². The lowest BCUT2D eigenvalue weighted by Gasteiger charge is -2.33. The van der Waals surface area contributed by atoms with Crippen LogP contribution in [0.1, 0.15) is 18.9 Å². The predicted octanol–water partition coefficient (Wildman–Crippen LogP) is 3.58. The minimum absolute atomic E-state index is 0.307. The standard InChI is InChI=1S/C21H25NO4S/c1-21(12-13-25-19(21)18(22-2)20(23)24)27-17-10-8-16(9-11-17)26-14-15-6-4-3-5-7-15/h3-11,18-19,22H,12-14H2,1-2H3,(H,23,24)/t18?,19-,21-/m1/s1. The molecule has 1 fully saturated rings. The van der Waals surface area contributed by atoms with Gasteiger partial charge in [0.1, 0.15) is 18.4 Å². The van der Waals surface area contributed by atoms with Crippen molar-refractivity contribution < 1.29 is 19.4 Å². The molecule has 3 atom stereocenters. The van der Waals surface area contributed by atoms with Crippen LogP contribution in [-0.4, -0.2) is 41.6 Å². The van der Waals surface area contributed by atoms with E-state index in [-0.39, 0.29) is 10.9 Å². The maximum absolute atomic E-state index is 11.5. The minimum Gasteiger partial charge on any atom is -0.489 e. The summed E-state index contributed by atoms with van der Waals surface area (Å²) in [5.74, 6) is -0.0768. The zero-order valence-corrected chi connectivity index (χ0v) is 16.4. The van der Waals surface area contributed by atoms with E-state index < -0.39 is 12.0 Å². The predicted molar refractivity (Wildman–Crippen MR) is 106 cm³/mol. The zero-order valence-electron chi connectivity index (χ0n) is 15.6. The Morgan fingerprint density at radius 2 is 2.00 bits per heavy atom. The Morgan fingerprint density at radius 3 is 2.63 bits per heavy atom. The summed E-state index contributed by atoms with van der Waals surface area (Å²) in [4.78, 5) is 12.6. The normalized spacial score (nSPS) is 23.1. The Kier molecular flexibility index (Phi) is 6.42. The summed E-state index contributed by atoms with van der Waals surface area (Å²) in [7, 11) is 1.66. The van der Waals surface area contributed by atoms with Crippen molar-refractivity contribution in [3.05, 3.63) is 60.2 Å². The number of carboxylic acid groups (broad SMARTS) is 1. The van der Waals surface area contributed by atoms with E-state index in [4.69, 9.17) is 9.47 Å². The molecule has 2 aromatic rings. The maximum Gasteiger partial charge on any atom is 0.323 e. The molecule has 1 heterocycles. The summed E-state index contributed by atoms with van der Waals surface area (Å²) in [6.07, 6.45) is 0.416. The molecule has 0 spiro atoms. The highest BCUT2D eigenvalue weighted by Gasteiger charge is 2.47. The van der Waals surface area contributed by atoms with Crippen LogP contribution in [0.5, 0.6) is 5.75 Å². The number of rotatable bonds is 8. The number of carbonyl (C=O) groups is 1. The number of benzene rings is 2. The molecule has 5 nitrogen and oxygen atoms in total. The first kappa shape index (κ1) is 19.7. The largest absolute Gasteiger partial charge is 0.489 e. The molecule has 0 radical (unpaired) electrons. The summed E-state index contributed by atoms with van der Waals surface area (Å²) in [6.45, 7) is 3.17. The second-order valence-corrected chi connectivity index (χ2v) is 8.41. The molecule has 0 bridgehead atoms. The second kappa shape index (κ2) is 8.78. The first-order valence-corrected chi connectivity index (χ1v) is 9.81. The summed E-state index contributed by atoms with van der Waals surface area (Å²) >= 11 is 1.66. The number of hydrogen-bond donors (Lipinski definition) is 2. The number of likely N-dealkylation sites (N-methyl/N-ethyl adjacent to an activating group) is 1. The van der Waals surface area contributed by atoms with Gasteiger partial charge < -0.3 is 19.9 Å².